The summed E-state index contributed by atoms with van der Waals surface area (Å²) in [5, 5.41) is 10.9. The quantitative estimate of drug-likeness (QED) is 0.757. The van der Waals surface area contributed by atoms with Crippen molar-refractivity contribution in [3.63, 3.8) is 0 Å². The Bertz CT molecular complexity index is 392. The average molecular weight is 224 g/mol. The molecule has 0 bridgehead atoms. The van der Waals surface area contributed by atoms with Gasteiger partial charge in [0.05, 0.1) is 11.9 Å². The first-order valence-electron chi connectivity index (χ1n) is 4.59. The smallest absolute Gasteiger partial charge is 0.329 e. The lowest BCUT2D eigenvalue weighted by Crippen LogP contribution is -2.21. The number of carboxylic acids is 1. The van der Waals surface area contributed by atoms with Gasteiger partial charge in [0.2, 0.25) is 5.91 Å². The van der Waals surface area contributed by atoms with Gasteiger partial charge in [-0.2, -0.15) is 0 Å². The molecule has 0 aliphatic rings. The zero-order valence-electron chi connectivity index (χ0n) is 8.77. The van der Waals surface area contributed by atoms with Gasteiger partial charge in [0, 0.05) is 6.20 Å². The molecule has 1 rings (SSSR count). The van der Waals surface area contributed by atoms with E-state index in [0.29, 0.717) is 5.69 Å². The van der Waals surface area contributed by atoms with E-state index in [1.807, 2.05) is 6.92 Å². The molecule has 2 N–H and O–H groups in total. The van der Waals surface area contributed by atoms with Crippen LogP contribution in [0.15, 0.2) is 18.5 Å². The van der Waals surface area contributed by atoms with Crippen molar-refractivity contribution >= 4 is 17.6 Å². The Hall–Kier alpha value is -1.95. The normalized spacial score (nSPS) is 9.81. The van der Waals surface area contributed by atoms with E-state index in [1.54, 1.807) is 12.3 Å². The summed E-state index contributed by atoms with van der Waals surface area (Å²) in [6, 6.07) is 1.76. The van der Waals surface area contributed by atoms with Crippen molar-refractivity contribution in [2.75, 3.05) is 18.5 Å². The number of ether oxygens (including phenoxy) is 1. The first kappa shape index (κ1) is 12.1. The van der Waals surface area contributed by atoms with Gasteiger partial charge in [-0.25, -0.2) is 4.79 Å². The lowest BCUT2D eigenvalue weighted by molar-refractivity contribution is -0.143. The lowest BCUT2D eigenvalue weighted by atomic mass is 10.2. The number of rotatable bonds is 5. The van der Waals surface area contributed by atoms with E-state index in [0.717, 1.165) is 5.56 Å². The number of carboxylic acid groups (broad SMARTS) is 1. The lowest BCUT2D eigenvalue weighted by Gasteiger charge is -2.06. The predicted molar refractivity (Wildman–Crippen MR) is 56.1 cm³/mol. The molecule has 0 aromatic carbocycles. The van der Waals surface area contributed by atoms with Crippen molar-refractivity contribution in [2.24, 2.45) is 0 Å². The number of aromatic nitrogens is 1. The first-order chi connectivity index (χ1) is 7.59. The highest BCUT2D eigenvalue weighted by Gasteiger charge is 2.05. The molecule has 1 aromatic rings. The summed E-state index contributed by atoms with van der Waals surface area (Å²) in [5.74, 6) is -1.51. The Kier molecular flexibility index (Phi) is 4.41. The number of aryl methyl sites for hydroxylation is 1. The van der Waals surface area contributed by atoms with Gasteiger partial charge in [-0.15, -0.1) is 0 Å². The Morgan fingerprint density at radius 1 is 1.50 bits per heavy atom. The third-order valence-electron chi connectivity index (χ3n) is 1.77. The summed E-state index contributed by atoms with van der Waals surface area (Å²) in [4.78, 5) is 25.3. The number of carbonyl (C=O) groups is 2. The number of nitrogens with zero attached hydrogens (tertiary/aromatic N) is 1. The number of pyridine rings is 1. The number of hydrogen-bond acceptors (Lipinski definition) is 4. The standard InChI is InChI=1S/C10H12N2O4/c1-7-2-3-11-4-8(7)12-9(13)5-16-6-10(14)15/h2-4H,5-6H2,1H3,(H,12,13)(H,14,15). The van der Waals surface area contributed by atoms with Gasteiger partial charge >= 0.3 is 5.97 Å². The van der Waals surface area contributed by atoms with Crippen LogP contribution in [0.25, 0.3) is 0 Å². The second-order valence-electron chi connectivity index (χ2n) is 3.13. The van der Waals surface area contributed by atoms with Crippen molar-refractivity contribution in [2.45, 2.75) is 6.92 Å². The zero-order chi connectivity index (χ0) is 12.0. The number of nitrogens with one attached hydrogen (secondary N) is 1. The highest BCUT2D eigenvalue weighted by Crippen LogP contribution is 2.10. The van der Waals surface area contributed by atoms with Gasteiger partial charge in [0.1, 0.15) is 13.2 Å². The molecule has 16 heavy (non-hydrogen) atoms. The van der Waals surface area contributed by atoms with Gasteiger partial charge in [-0.05, 0) is 18.6 Å². The molecule has 1 aromatic heterocycles. The van der Waals surface area contributed by atoms with E-state index < -0.39 is 18.5 Å². The summed E-state index contributed by atoms with van der Waals surface area (Å²) in [6.07, 6.45) is 3.14. The topological polar surface area (TPSA) is 88.5 Å². The minimum Gasteiger partial charge on any atom is -0.480 e. The Morgan fingerprint density at radius 3 is 2.88 bits per heavy atom. The van der Waals surface area contributed by atoms with Crippen molar-refractivity contribution < 1.29 is 19.4 Å². The van der Waals surface area contributed by atoms with Crippen molar-refractivity contribution in [1.29, 1.82) is 0 Å². The van der Waals surface area contributed by atoms with Crippen LogP contribution < -0.4 is 5.32 Å². The molecule has 0 saturated carbocycles. The van der Waals surface area contributed by atoms with E-state index in [4.69, 9.17) is 5.11 Å². The molecular formula is C10H12N2O4. The molecule has 6 nitrogen and oxygen atoms in total. The van der Waals surface area contributed by atoms with Crippen molar-refractivity contribution in [3.8, 4) is 0 Å². The van der Waals surface area contributed by atoms with Crippen molar-refractivity contribution in [3.05, 3.63) is 24.0 Å². The average Bonchev–Trinajstić information content (AvgIpc) is 2.21. The van der Waals surface area contributed by atoms with Gasteiger partial charge < -0.3 is 15.2 Å². The Labute approximate surface area is 92.3 Å². The van der Waals surface area contributed by atoms with Crippen LogP contribution in [0.5, 0.6) is 0 Å². The largest absolute Gasteiger partial charge is 0.480 e. The number of anilines is 1. The third kappa shape index (κ3) is 4.05. The highest BCUT2D eigenvalue weighted by atomic mass is 16.5. The Morgan fingerprint density at radius 2 is 2.25 bits per heavy atom. The van der Waals surface area contributed by atoms with Crippen LogP contribution in [0.1, 0.15) is 5.56 Å². The summed E-state index contributed by atoms with van der Waals surface area (Å²) in [6.45, 7) is 1.05. The van der Waals surface area contributed by atoms with Crippen LogP contribution in [0.4, 0.5) is 5.69 Å². The fourth-order valence-corrected chi connectivity index (χ4v) is 1.01. The highest BCUT2D eigenvalue weighted by molar-refractivity contribution is 5.92. The van der Waals surface area contributed by atoms with E-state index in [9.17, 15) is 9.59 Å². The number of carbonyl (C=O) groups excluding carboxylic acids is 1. The van der Waals surface area contributed by atoms with Crippen LogP contribution in [0.3, 0.4) is 0 Å². The fourth-order valence-electron chi connectivity index (χ4n) is 1.01. The van der Waals surface area contributed by atoms with E-state index in [-0.39, 0.29) is 6.61 Å². The summed E-state index contributed by atoms with van der Waals surface area (Å²) >= 11 is 0. The van der Waals surface area contributed by atoms with E-state index in [2.05, 4.69) is 15.0 Å². The molecule has 0 aliphatic heterocycles. The summed E-state index contributed by atoms with van der Waals surface area (Å²) in [5.41, 5.74) is 1.47. The molecule has 1 heterocycles. The molecule has 0 saturated heterocycles. The third-order valence-corrected chi connectivity index (χ3v) is 1.77. The second-order valence-corrected chi connectivity index (χ2v) is 3.13. The molecule has 0 spiro atoms. The van der Waals surface area contributed by atoms with Gasteiger partial charge in [-0.3, -0.25) is 9.78 Å². The summed E-state index contributed by atoms with van der Waals surface area (Å²) < 4.78 is 4.64. The molecule has 6 heteroatoms. The maximum absolute atomic E-state index is 11.3. The molecule has 1 amide bonds. The van der Waals surface area contributed by atoms with Gasteiger partial charge in [-0.1, -0.05) is 0 Å². The van der Waals surface area contributed by atoms with Crippen LogP contribution in [-0.4, -0.2) is 35.2 Å². The molecule has 0 fully saturated rings. The van der Waals surface area contributed by atoms with Crippen LogP contribution in [-0.2, 0) is 14.3 Å². The number of aliphatic carboxylic acids is 1. The minimum absolute atomic E-state index is 0.291. The minimum atomic E-state index is -1.11. The van der Waals surface area contributed by atoms with Gasteiger partial charge in [0.15, 0.2) is 0 Å². The number of amides is 1. The molecule has 86 valence electrons. The first-order valence-corrected chi connectivity index (χ1v) is 4.59. The van der Waals surface area contributed by atoms with Crippen LogP contribution in [0, 0.1) is 6.92 Å². The zero-order valence-corrected chi connectivity index (χ0v) is 8.77. The second kappa shape index (κ2) is 5.82. The molecule has 0 radical (unpaired) electrons. The van der Waals surface area contributed by atoms with Crippen molar-refractivity contribution in [1.82, 2.24) is 4.98 Å². The van der Waals surface area contributed by atoms with Crippen LogP contribution >= 0.6 is 0 Å². The molecular weight excluding hydrogens is 212 g/mol. The van der Waals surface area contributed by atoms with Gasteiger partial charge in [0.25, 0.3) is 0 Å². The van der Waals surface area contributed by atoms with Crippen LogP contribution in [0.2, 0.25) is 0 Å². The SMILES string of the molecule is Cc1ccncc1NC(=O)COCC(=O)O. The summed E-state index contributed by atoms with van der Waals surface area (Å²) in [7, 11) is 0. The Balaban J connectivity index is 2.40. The maximum atomic E-state index is 11.3. The molecule has 0 aliphatic carbocycles. The maximum Gasteiger partial charge on any atom is 0.329 e. The van der Waals surface area contributed by atoms with E-state index >= 15 is 0 Å². The molecule has 0 unspecified atom stereocenters. The van der Waals surface area contributed by atoms with E-state index in [1.165, 1.54) is 6.20 Å². The fraction of sp³-hybridized carbons (Fsp3) is 0.300. The predicted octanol–water partition coefficient (Wildman–Crippen LogP) is 0.430. The monoisotopic (exact) mass is 224 g/mol. The molecule has 0 atom stereocenters. The number of hydrogen-bond donors (Lipinski definition) is 2.